The molecule has 7 heteroatoms. The highest BCUT2D eigenvalue weighted by Crippen LogP contribution is 2.05. The molecule has 1 rings (SSSR count). The minimum atomic E-state index is 0.524. The molecule has 2 N–H and O–H groups in total. The maximum atomic E-state index is 4.56. The van der Waals surface area contributed by atoms with Crippen molar-refractivity contribution in [3.63, 3.8) is 0 Å². The lowest BCUT2D eigenvalue weighted by Gasteiger charge is -2.30. The van der Waals surface area contributed by atoms with Gasteiger partial charge in [0.05, 0.1) is 0 Å². The first-order chi connectivity index (χ1) is 11.0. The van der Waals surface area contributed by atoms with Crippen molar-refractivity contribution in [2.75, 3.05) is 19.6 Å². The molecule has 1 heterocycles. The molecule has 1 aromatic rings. The molecule has 0 aliphatic carbocycles. The van der Waals surface area contributed by atoms with Gasteiger partial charge in [-0.05, 0) is 41.0 Å². The summed E-state index contributed by atoms with van der Waals surface area (Å²) in [5.74, 6) is 1.68. The smallest absolute Gasteiger partial charge is 0.191 e. The van der Waals surface area contributed by atoms with Gasteiger partial charge in [-0.15, -0.1) is 0 Å². The van der Waals surface area contributed by atoms with Crippen LogP contribution in [-0.2, 0) is 13.6 Å². The number of nitrogens with zero attached hydrogens (tertiary/aromatic N) is 5. The largest absolute Gasteiger partial charge is 0.357 e. The Morgan fingerprint density at radius 1 is 1.26 bits per heavy atom. The molecule has 1 aromatic heterocycles. The van der Waals surface area contributed by atoms with Crippen LogP contribution < -0.4 is 10.6 Å². The SMILES string of the molecule is CCNC(=NCc1ncnn1C)NCCCN(C(C)C)C(C)C. The Balaban J connectivity index is 2.42. The summed E-state index contributed by atoms with van der Waals surface area (Å²) >= 11 is 0. The number of rotatable bonds is 9. The second kappa shape index (κ2) is 10.2. The first-order valence-corrected chi connectivity index (χ1v) is 8.56. The first kappa shape index (κ1) is 19.4. The van der Waals surface area contributed by atoms with Crippen LogP contribution in [0.2, 0.25) is 0 Å². The van der Waals surface area contributed by atoms with E-state index in [2.05, 4.69) is 65.2 Å². The molecule has 0 amide bonds. The fourth-order valence-electron chi connectivity index (χ4n) is 2.54. The van der Waals surface area contributed by atoms with Crippen molar-refractivity contribution in [3.8, 4) is 0 Å². The number of nitrogens with one attached hydrogen (secondary N) is 2. The van der Waals surface area contributed by atoms with Crippen LogP contribution in [0.4, 0.5) is 0 Å². The van der Waals surface area contributed by atoms with Gasteiger partial charge in [0.1, 0.15) is 18.7 Å². The Bertz CT molecular complexity index is 457. The molecule has 0 aliphatic rings. The Hall–Kier alpha value is -1.63. The van der Waals surface area contributed by atoms with Gasteiger partial charge in [0.25, 0.3) is 0 Å². The fourth-order valence-corrected chi connectivity index (χ4v) is 2.54. The van der Waals surface area contributed by atoms with Crippen LogP contribution in [0.3, 0.4) is 0 Å². The van der Waals surface area contributed by atoms with Gasteiger partial charge < -0.3 is 10.6 Å². The van der Waals surface area contributed by atoms with Crippen LogP contribution in [-0.4, -0.2) is 57.3 Å². The monoisotopic (exact) mass is 323 g/mol. The summed E-state index contributed by atoms with van der Waals surface area (Å²) in [4.78, 5) is 11.3. The molecule has 0 radical (unpaired) electrons. The van der Waals surface area contributed by atoms with Crippen molar-refractivity contribution in [2.24, 2.45) is 12.0 Å². The minimum absolute atomic E-state index is 0.524. The van der Waals surface area contributed by atoms with E-state index in [9.17, 15) is 0 Å². The Morgan fingerprint density at radius 2 is 1.96 bits per heavy atom. The molecule has 0 spiro atoms. The number of aromatic nitrogens is 3. The summed E-state index contributed by atoms with van der Waals surface area (Å²) in [6.45, 7) is 14.4. The van der Waals surface area contributed by atoms with Gasteiger partial charge in [0, 0.05) is 38.8 Å². The van der Waals surface area contributed by atoms with E-state index < -0.39 is 0 Å². The zero-order chi connectivity index (χ0) is 17.2. The molecule has 132 valence electrons. The quantitative estimate of drug-likeness (QED) is 0.408. The van der Waals surface area contributed by atoms with Crippen molar-refractivity contribution in [3.05, 3.63) is 12.2 Å². The van der Waals surface area contributed by atoms with Crippen LogP contribution in [0.5, 0.6) is 0 Å². The highest BCUT2D eigenvalue weighted by molar-refractivity contribution is 5.79. The molecule has 0 saturated carbocycles. The van der Waals surface area contributed by atoms with Gasteiger partial charge in [-0.1, -0.05) is 0 Å². The van der Waals surface area contributed by atoms with E-state index >= 15 is 0 Å². The van der Waals surface area contributed by atoms with E-state index in [0.29, 0.717) is 18.6 Å². The summed E-state index contributed by atoms with van der Waals surface area (Å²) < 4.78 is 1.75. The van der Waals surface area contributed by atoms with Gasteiger partial charge in [-0.3, -0.25) is 9.58 Å². The summed E-state index contributed by atoms with van der Waals surface area (Å²) in [7, 11) is 1.88. The Labute approximate surface area is 140 Å². The summed E-state index contributed by atoms with van der Waals surface area (Å²) in [6, 6.07) is 1.15. The first-order valence-electron chi connectivity index (χ1n) is 8.56. The lowest BCUT2D eigenvalue weighted by molar-refractivity contribution is 0.173. The third kappa shape index (κ3) is 6.99. The fraction of sp³-hybridized carbons (Fsp3) is 0.812. The van der Waals surface area contributed by atoms with Crippen LogP contribution in [0.25, 0.3) is 0 Å². The Kier molecular flexibility index (Phi) is 8.61. The third-order valence-corrected chi connectivity index (χ3v) is 3.74. The number of aliphatic imine (C=N–C) groups is 1. The van der Waals surface area contributed by atoms with Crippen LogP contribution in [0.15, 0.2) is 11.3 Å². The minimum Gasteiger partial charge on any atom is -0.357 e. The molecular formula is C16H33N7. The molecule has 0 aromatic carbocycles. The molecule has 7 nitrogen and oxygen atoms in total. The predicted octanol–water partition coefficient (Wildman–Crippen LogP) is 1.38. The zero-order valence-corrected chi connectivity index (χ0v) is 15.5. The van der Waals surface area contributed by atoms with Crippen LogP contribution in [0, 0.1) is 0 Å². The van der Waals surface area contributed by atoms with Crippen molar-refractivity contribution < 1.29 is 0 Å². The molecule has 0 atom stereocenters. The Morgan fingerprint density at radius 3 is 2.48 bits per heavy atom. The molecule has 0 unspecified atom stereocenters. The van der Waals surface area contributed by atoms with E-state index in [-0.39, 0.29) is 0 Å². The van der Waals surface area contributed by atoms with Gasteiger partial charge in [-0.25, -0.2) is 9.98 Å². The van der Waals surface area contributed by atoms with Gasteiger partial charge in [0.15, 0.2) is 5.96 Å². The van der Waals surface area contributed by atoms with Gasteiger partial charge >= 0.3 is 0 Å². The third-order valence-electron chi connectivity index (χ3n) is 3.74. The maximum Gasteiger partial charge on any atom is 0.191 e. The second-order valence-corrected chi connectivity index (χ2v) is 6.20. The normalized spacial score (nSPS) is 12.5. The van der Waals surface area contributed by atoms with Crippen molar-refractivity contribution in [1.29, 1.82) is 0 Å². The average Bonchev–Trinajstić information content (AvgIpc) is 2.88. The number of hydrogen-bond acceptors (Lipinski definition) is 4. The molecule has 0 bridgehead atoms. The number of hydrogen-bond donors (Lipinski definition) is 2. The van der Waals surface area contributed by atoms with Crippen molar-refractivity contribution in [2.45, 2.75) is 59.7 Å². The zero-order valence-electron chi connectivity index (χ0n) is 15.5. The van der Waals surface area contributed by atoms with Crippen molar-refractivity contribution >= 4 is 5.96 Å². The lowest BCUT2D eigenvalue weighted by Crippen LogP contribution is -2.41. The molecule has 0 fully saturated rings. The summed E-state index contributed by atoms with van der Waals surface area (Å²) in [5, 5.41) is 10.7. The summed E-state index contributed by atoms with van der Waals surface area (Å²) in [6.07, 6.45) is 2.64. The van der Waals surface area contributed by atoms with Gasteiger partial charge in [0.2, 0.25) is 0 Å². The van der Waals surface area contributed by atoms with E-state index in [4.69, 9.17) is 0 Å². The maximum absolute atomic E-state index is 4.56. The lowest BCUT2D eigenvalue weighted by atomic mass is 10.2. The van der Waals surface area contributed by atoms with Crippen LogP contribution >= 0.6 is 0 Å². The highest BCUT2D eigenvalue weighted by atomic mass is 15.3. The topological polar surface area (TPSA) is 70.4 Å². The highest BCUT2D eigenvalue weighted by Gasteiger charge is 2.12. The number of guanidine groups is 1. The average molecular weight is 323 g/mol. The summed E-state index contributed by atoms with van der Waals surface area (Å²) in [5.41, 5.74) is 0. The molecule has 0 saturated heterocycles. The standard InChI is InChI=1S/C16H33N7/c1-7-17-16(19-11-15-20-12-21-22(15)6)18-9-8-10-23(13(2)3)14(4)5/h12-14H,7-11H2,1-6H3,(H2,17,18,19). The number of aryl methyl sites for hydroxylation is 1. The molecule has 0 aliphatic heterocycles. The molecule has 23 heavy (non-hydrogen) atoms. The van der Waals surface area contributed by atoms with Crippen LogP contribution in [0.1, 0.15) is 46.9 Å². The van der Waals surface area contributed by atoms with Crippen molar-refractivity contribution in [1.82, 2.24) is 30.3 Å². The van der Waals surface area contributed by atoms with E-state index in [1.54, 1.807) is 11.0 Å². The second-order valence-electron chi connectivity index (χ2n) is 6.20. The van der Waals surface area contributed by atoms with E-state index in [1.165, 1.54) is 0 Å². The molecular weight excluding hydrogens is 290 g/mol. The van der Waals surface area contributed by atoms with E-state index in [1.807, 2.05) is 7.05 Å². The van der Waals surface area contributed by atoms with E-state index in [0.717, 1.165) is 37.8 Å². The predicted molar refractivity (Wildman–Crippen MR) is 95.4 cm³/mol. The van der Waals surface area contributed by atoms with Gasteiger partial charge in [-0.2, -0.15) is 5.10 Å².